The first-order chi connectivity index (χ1) is 11.8. The molecule has 1 aromatic carbocycles. The Labute approximate surface area is 146 Å². The lowest BCUT2D eigenvalue weighted by Crippen LogP contribution is -2.74. The van der Waals surface area contributed by atoms with Gasteiger partial charge in [0, 0.05) is 6.92 Å². The van der Waals surface area contributed by atoms with Gasteiger partial charge in [0.15, 0.2) is 10.8 Å². The Kier molecular flexibility index (Phi) is 3.60. The van der Waals surface area contributed by atoms with Crippen molar-refractivity contribution < 1.29 is 9.47 Å². The summed E-state index contributed by atoms with van der Waals surface area (Å²) in [6, 6.07) is 15.3. The number of rotatable bonds is 2. The van der Waals surface area contributed by atoms with Crippen LogP contribution < -0.4 is 0 Å². The number of benzene rings is 1. The van der Waals surface area contributed by atoms with Crippen LogP contribution in [0.1, 0.15) is 32.3 Å². The maximum atomic E-state index is 10.1. The molecule has 3 aliphatic heterocycles. The highest BCUT2D eigenvalue weighted by Gasteiger charge is 2.79. The lowest BCUT2D eigenvalue weighted by molar-refractivity contribution is -0.327. The van der Waals surface area contributed by atoms with E-state index in [0.717, 1.165) is 0 Å². The van der Waals surface area contributed by atoms with Crippen LogP contribution in [0.2, 0.25) is 0 Å². The quantitative estimate of drug-likeness (QED) is 0.892. The summed E-state index contributed by atoms with van der Waals surface area (Å²) in [7, 11) is 0. The van der Waals surface area contributed by atoms with Crippen molar-refractivity contribution in [1.82, 2.24) is 0 Å². The van der Waals surface area contributed by atoms with Gasteiger partial charge in [-0.3, -0.25) is 5.41 Å². The average Bonchev–Trinajstić information content (AvgIpc) is 2.60. The Morgan fingerprint density at radius 3 is 2.16 bits per heavy atom. The number of nitrogens with one attached hydrogen (secondary N) is 1. The summed E-state index contributed by atoms with van der Waals surface area (Å²) < 4.78 is 11.8. The molecular formula is C19H18N4O2. The number of fused-ring (bicyclic) bond motifs is 3. The van der Waals surface area contributed by atoms with Crippen molar-refractivity contribution in [1.29, 1.82) is 21.2 Å². The van der Waals surface area contributed by atoms with Gasteiger partial charge >= 0.3 is 0 Å². The molecule has 0 radical (unpaired) electrons. The molecule has 0 spiro atoms. The van der Waals surface area contributed by atoms with E-state index in [0.29, 0.717) is 5.56 Å². The summed E-state index contributed by atoms with van der Waals surface area (Å²) in [5, 5.41) is 38.6. The van der Waals surface area contributed by atoms with E-state index in [-0.39, 0.29) is 11.8 Å². The lowest BCUT2D eigenvalue weighted by atomic mass is 9.49. The molecule has 4 atom stereocenters. The van der Waals surface area contributed by atoms with Crippen molar-refractivity contribution >= 4 is 5.90 Å². The van der Waals surface area contributed by atoms with E-state index in [1.54, 1.807) is 31.2 Å². The molecule has 3 aliphatic rings. The first-order valence-corrected chi connectivity index (χ1v) is 8.07. The molecular weight excluding hydrogens is 316 g/mol. The van der Waals surface area contributed by atoms with Gasteiger partial charge in [-0.25, -0.2) is 0 Å². The average molecular weight is 334 g/mol. The fourth-order valence-corrected chi connectivity index (χ4v) is 4.30. The number of nitrogens with zero attached hydrogens (tertiary/aromatic N) is 3. The molecule has 1 aromatic rings. The molecule has 3 saturated heterocycles. The molecule has 6 nitrogen and oxygen atoms in total. The third-order valence-electron chi connectivity index (χ3n) is 5.30. The van der Waals surface area contributed by atoms with Crippen molar-refractivity contribution in [3.63, 3.8) is 0 Å². The molecule has 126 valence electrons. The molecule has 3 heterocycles. The molecule has 0 saturated carbocycles. The highest BCUT2D eigenvalue weighted by molar-refractivity contribution is 5.89. The molecule has 0 unspecified atom stereocenters. The smallest absolute Gasteiger partial charge is 0.219 e. The van der Waals surface area contributed by atoms with Crippen LogP contribution in [0.15, 0.2) is 30.3 Å². The molecule has 4 rings (SSSR count). The van der Waals surface area contributed by atoms with Crippen LogP contribution in [-0.4, -0.2) is 17.8 Å². The molecule has 0 amide bonds. The van der Waals surface area contributed by atoms with Gasteiger partial charge in [-0.15, -0.1) is 0 Å². The van der Waals surface area contributed by atoms with Crippen molar-refractivity contribution in [2.75, 3.05) is 0 Å². The zero-order valence-corrected chi connectivity index (χ0v) is 14.3. The summed E-state index contributed by atoms with van der Waals surface area (Å²) in [6.07, 6.45) is -0.789. The van der Waals surface area contributed by atoms with E-state index in [2.05, 4.69) is 18.2 Å². The van der Waals surface area contributed by atoms with Crippen molar-refractivity contribution in [2.24, 2.45) is 16.7 Å². The van der Waals surface area contributed by atoms with Crippen LogP contribution in [0.25, 0.3) is 0 Å². The van der Waals surface area contributed by atoms with Gasteiger partial charge in [-0.2, -0.15) is 15.8 Å². The fourth-order valence-electron chi connectivity index (χ4n) is 4.30. The van der Waals surface area contributed by atoms with Gasteiger partial charge in [0.1, 0.15) is 0 Å². The number of ether oxygens (including phenoxy) is 2. The minimum absolute atomic E-state index is 0.180. The second-order valence-electron chi connectivity index (χ2n) is 7.02. The predicted molar refractivity (Wildman–Crippen MR) is 87.8 cm³/mol. The Bertz CT molecular complexity index is 831. The predicted octanol–water partition coefficient (Wildman–Crippen LogP) is 3.09. The standard InChI is InChI=1S/C19H18N4O2/c1-12(2)15-19(11-22)16(23)25-17(3,24-15)14(18(19,9-20)10-21)13-7-5-4-6-8-13/h4-8,12,14-15,23H,1-3H3/t14-,15+,17-,19-/m1/s1. The van der Waals surface area contributed by atoms with Crippen LogP contribution in [0.4, 0.5) is 0 Å². The second-order valence-corrected chi connectivity index (χ2v) is 7.02. The number of hydrogen-bond donors (Lipinski definition) is 1. The van der Waals surface area contributed by atoms with Crippen LogP contribution >= 0.6 is 0 Å². The minimum atomic E-state index is -1.79. The zero-order chi connectivity index (χ0) is 18.5. The van der Waals surface area contributed by atoms with Gasteiger partial charge in [0.2, 0.25) is 11.7 Å². The summed E-state index contributed by atoms with van der Waals surface area (Å²) in [5.74, 6) is -2.74. The van der Waals surface area contributed by atoms with E-state index >= 15 is 0 Å². The zero-order valence-electron chi connectivity index (χ0n) is 14.3. The maximum Gasteiger partial charge on any atom is 0.219 e. The van der Waals surface area contributed by atoms with Gasteiger partial charge < -0.3 is 9.47 Å². The van der Waals surface area contributed by atoms with Gasteiger partial charge in [0.25, 0.3) is 0 Å². The van der Waals surface area contributed by atoms with E-state index in [1.807, 2.05) is 19.9 Å². The van der Waals surface area contributed by atoms with E-state index in [1.165, 1.54) is 0 Å². The molecule has 1 N–H and O–H groups in total. The topological polar surface area (TPSA) is 114 Å². The molecule has 2 bridgehead atoms. The number of hydrogen-bond acceptors (Lipinski definition) is 6. The van der Waals surface area contributed by atoms with Gasteiger partial charge in [0.05, 0.1) is 30.2 Å². The summed E-state index contributed by atoms with van der Waals surface area (Å²) in [5.41, 5.74) is -2.91. The fraction of sp³-hybridized carbons (Fsp3) is 0.474. The van der Waals surface area contributed by atoms with Crippen LogP contribution in [0.5, 0.6) is 0 Å². The Morgan fingerprint density at radius 2 is 1.68 bits per heavy atom. The Hall–Kier alpha value is -2.88. The third kappa shape index (κ3) is 1.82. The molecule has 0 aliphatic carbocycles. The van der Waals surface area contributed by atoms with Gasteiger partial charge in [-0.1, -0.05) is 44.2 Å². The Balaban J connectivity index is 2.38. The minimum Gasteiger partial charge on any atom is -0.447 e. The SMILES string of the molecule is CC(C)[C@@H]1O[C@]2(C)OC(=N)[C@]1(C#N)C(C#N)(C#N)[C@@H]2c1ccccc1. The van der Waals surface area contributed by atoms with Crippen molar-refractivity contribution in [2.45, 2.75) is 38.6 Å². The second kappa shape index (κ2) is 5.31. The summed E-state index contributed by atoms with van der Waals surface area (Å²) in [6.45, 7) is 5.33. The highest BCUT2D eigenvalue weighted by atomic mass is 16.7. The van der Waals surface area contributed by atoms with E-state index in [4.69, 9.17) is 14.9 Å². The van der Waals surface area contributed by atoms with Crippen LogP contribution in [0, 0.1) is 56.2 Å². The van der Waals surface area contributed by atoms with E-state index in [9.17, 15) is 15.8 Å². The van der Waals surface area contributed by atoms with Crippen molar-refractivity contribution in [3.05, 3.63) is 35.9 Å². The van der Waals surface area contributed by atoms with Crippen LogP contribution in [-0.2, 0) is 9.47 Å². The van der Waals surface area contributed by atoms with Crippen LogP contribution in [0.3, 0.4) is 0 Å². The number of nitriles is 3. The van der Waals surface area contributed by atoms with E-state index < -0.39 is 28.6 Å². The molecule has 25 heavy (non-hydrogen) atoms. The maximum absolute atomic E-state index is 10.1. The Morgan fingerprint density at radius 1 is 1.08 bits per heavy atom. The van der Waals surface area contributed by atoms with Gasteiger partial charge in [-0.05, 0) is 11.5 Å². The first-order valence-electron chi connectivity index (χ1n) is 8.07. The largest absolute Gasteiger partial charge is 0.447 e. The normalized spacial score (nSPS) is 35.3. The molecule has 3 fully saturated rings. The van der Waals surface area contributed by atoms with Crippen molar-refractivity contribution in [3.8, 4) is 18.2 Å². The molecule has 0 aromatic heterocycles. The third-order valence-corrected chi connectivity index (χ3v) is 5.30. The highest BCUT2D eigenvalue weighted by Crippen LogP contribution is 2.66. The molecule has 6 heteroatoms. The first kappa shape index (κ1) is 17.0. The monoisotopic (exact) mass is 334 g/mol. The summed E-state index contributed by atoms with van der Waals surface area (Å²) >= 11 is 0. The summed E-state index contributed by atoms with van der Waals surface area (Å²) in [4.78, 5) is 0. The lowest BCUT2D eigenvalue weighted by Gasteiger charge is -2.62.